The Hall–Kier alpha value is -1.82. The van der Waals surface area contributed by atoms with Crippen molar-refractivity contribution >= 4 is 11.5 Å². The number of aryl methyl sites for hydroxylation is 1. The Bertz CT molecular complexity index is 550. The Morgan fingerprint density at radius 1 is 1.27 bits per heavy atom. The molecule has 0 N–H and O–H groups in total. The number of carbonyl (C=O) groups is 1. The lowest BCUT2D eigenvalue weighted by Crippen LogP contribution is -2.37. The zero-order valence-corrected chi connectivity index (χ0v) is 12.3. The summed E-state index contributed by atoms with van der Waals surface area (Å²) in [7, 11) is 0. The standard InChI is InChI=1S/C16H18F3NO2/c1-2-3-12-4-6-13(7-5-12)14-8-10-20(11-9-14)22-15(21)16(17,18)19/h4-8H,2-3,9-11H2,1H3. The maximum Gasteiger partial charge on any atom is 0.492 e. The molecule has 0 spiro atoms. The zero-order chi connectivity index (χ0) is 16.2. The minimum absolute atomic E-state index is 0.161. The summed E-state index contributed by atoms with van der Waals surface area (Å²) in [6, 6.07) is 8.17. The van der Waals surface area contributed by atoms with Crippen molar-refractivity contribution in [1.82, 2.24) is 5.06 Å². The van der Waals surface area contributed by atoms with Crippen LogP contribution in [0.5, 0.6) is 0 Å². The first-order chi connectivity index (χ1) is 10.4. The Balaban J connectivity index is 1.95. The minimum atomic E-state index is -4.96. The fourth-order valence-electron chi connectivity index (χ4n) is 2.34. The van der Waals surface area contributed by atoms with E-state index >= 15 is 0 Å². The third-order valence-corrected chi connectivity index (χ3v) is 3.48. The molecule has 0 atom stereocenters. The van der Waals surface area contributed by atoms with Gasteiger partial charge in [0.2, 0.25) is 0 Å². The molecule has 2 rings (SSSR count). The molecular formula is C16H18F3NO2. The summed E-state index contributed by atoms with van der Waals surface area (Å²) in [5, 5.41) is 1.03. The Morgan fingerprint density at radius 3 is 2.45 bits per heavy atom. The summed E-state index contributed by atoms with van der Waals surface area (Å²) < 4.78 is 36.4. The van der Waals surface area contributed by atoms with E-state index in [1.807, 2.05) is 12.1 Å². The van der Waals surface area contributed by atoms with Gasteiger partial charge >= 0.3 is 12.1 Å². The van der Waals surface area contributed by atoms with Crippen molar-refractivity contribution in [3.05, 3.63) is 41.5 Å². The SMILES string of the molecule is CCCc1ccc(C2=CCN(OC(=O)C(F)(F)F)CC2)cc1. The monoisotopic (exact) mass is 313 g/mol. The van der Waals surface area contributed by atoms with Crippen LogP contribution in [0.1, 0.15) is 30.9 Å². The van der Waals surface area contributed by atoms with Gasteiger partial charge in [-0.1, -0.05) is 43.7 Å². The number of alkyl halides is 3. The molecule has 0 saturated carbocycles. The van der Waals surface area contributed by atoms with Gasteiger partial charge in [0.1, 0.15) is 0 Å². The third kappa shape index (κ3) is 4.34. The number of rotatable bonds is 4. The van der Waals surface area contributed by atoms with Gasteiger partial charge in [0, 0.05) is 6.54 Å². The highest BCUT2D eigenvalue weighted by Crippen LogP contribution is 2.24. The molecule has 0 bridgehead atoms. The summed E-state index contributed by atoms with van der Waals surface area (Å²) in [5.41, 5.74) is 3.38. The second kappa shape index (κ2) is 6.96. The van der Waals surface area contributed by atoms with Gasteiger partial charge in [-0.25, -0.2) is 4.79 Å². The number of benzene rings is 1. The van der Waals surface area contributed by atoms with Gasteiger partial charge in [-0.05, 0) is 29.5 Å². The van der Waals surface area contributed by atoms with Crippen LogP contribution in [-0.2, 0) is 16.1 Å². The summed E-state index contributed by atoms with van der Waals surface area (Å²) >= 11 is 0. The van der Waals surface area contributed by atoms with E-state index in [-0.39, 0.29) is 13.1 Å². The summed E-state index contributed by atoms with van der Waals surface area (Å²) in [6.07, 6.45) is -0.512. The topological polar surface area (TPSA) is 29.5 Å². The fraction of sp³-hybridized carbons (Fsp3) is 0.438. The maximum atomic E-state index is 12.1. The Kier molecular flexibility index (Phi) is 5.24. The Labute approximate surface area is 127 Å². The molecule has 1 aliphatic heterocycles. The van der Waals surface area contributed by atoms with Crippen molar-refractivity contribution in [3.63, 3.8) is 0 Å². The lowest BCUT2D eigenvalue weighted by atomic mass is 9.98. The van der Waals surface area contributed by atoms with Crippen molar-refractivity contribution in [3.8, 4) is 0 Å². The molecule has 1 heterocycles. The van der Waals surface area contributed by atoms with Gasteiger partial charge < -0.3 is 4.84 Å². The van der Waals surface area contributed by atoms with Gasteiger partial charge in [-0.3, -0.25) is 0 Å². The maximum absolute atomic E-state index is 12.1. The third-order valence-electron chi connectivity index (χ3n) is 3.48. The molecule has 0 fully saturated rings. The first-order valence-electron chi connectivity index (χ1n) is 7.22. The highest BCUT2D eigenvalue weighted by Gasteiger charge is 2.42. The van der Waals surface area contributed by atoms with E-state index in [0.29, 0.717) is 6.42 Å². The average molecular weight is 313 g/mol. The second-order valence-electron chi connectivity index (χ2n) is 5.19. The van der Waals surface area contributed by atoms with E-state index in [4.69, 9.17) is 0 Å². The lowest BCUT2D eigenvalue weighted by molar-refractivity contribution is -0.237. The van der Waals surface area contributed by atoms with Crippen molar-refractivity contribution in [2.75, 3.05) is 13.1 Å². The van der Waals surface area contributed by atoms with E-state index in [0.717, 1.165) is 29.0 Å². The van der Waals surface area contributed by atoms with Gasteiger partial charge in [0.15, 0.2) is 0 Å². The van der Waals surface area contributed by atoms with Gasteiger partial charge in [0.05, 0.1) is 6.54 Å². The molecule has 0 aliphatic carbocycles. The highest BCUT2D eigenvalue weighted by atomic mass is 19.4. The van der Waals surface area contributed by atoms with Crippen LogP contribution >= 0.6 is 0 Å². The largest absolute Gasteiger partial charge is 0.492 e. The smallest absolute Gasteiger partial charge is 0.360 e. The average Bonchev–Trinajstić information content (AvgIpc) is 2.48. The number of carbonyl (C=O) groups excluding carboxylic acids is 1. The zero-order valence-electron chi connectivity index (χ0n) is 12.3. The molecule has 22 heavy (non-hydrogen) atoms. The van der Waals surface area contributed by atoms with Crippen LogP contribution in [0.15, 0.2) is 30.3 Å². The number of halogens is 3. The summed E-state index contributed by atoms with van der Waals surface area (Å²) in [5.74, 6) is -2.17. The molecule has 1 aromatic rings. The molecule has 0 unspecified atom stereocenters. The van der Waals surface area contributed by atoms with E-state index in [9.17, 15) is 18.0 Å². The number of hydrogen-bond acceptors (Lipinski definition) is 3. The minimum Gasteiger partial charge on any atom is -0.360 e. The van der Waals surface area contributed by atoms with Crippen LogP contribution in [0.2, 0.25) is 0 Å². The molecule has 1 aliphatic rings. The first-order valence-corrected chi connectivity index (χ1v) is 7.22. The first kappa shape index (κ1) is 16.5. The molecule has 0 amide bonds. The van der Waals surface area contributed by atoms with Gasteiger partial charge in [-0.15, -0.1) is 5.06 Å². The fourth-order valence-corrected chi connectivity index (χ4v) is 2.34. The summed E-state index contributed by atoms with van der Waals surface area (Å²) in [4.78, 5) is 15.1. The second-order valence-corrected chi connectivity index (χ2v) is 5.19. The molecule has 0 aromatic heterocycles. The predicted molar refractivity (Wildman–Crippen MR) is 76.8 cm³/mol. The van der Waals surface area contributed by atoms with Crippen LogP contribution in [-0.4, -0.2) is 30.3 Å². The van der Waals surface area contributed by atoms with Gasteiger partial charge in [-0.2, -0.15) is 13.2 Å². The van der Waals surface area contributed by atoms with E-state index in [1.54, 1.807) is 6.08 Å². The number of hydrogen-bond donors (Lipinski definition) is 0. The highest BCUT2D eigenvalue weighted by molar-refractivity contribution is 5.75. The van der Waals surface area contributed by atoms with Crippen molar-refractivity contribution in [2.24, 2.45) is 0 Å². The van der Waals surface area contributed by atoms with Crippen LogP contribution < -0.4 is 0 Å². The van der Waals surface area contributed by atoms with Crippen LogP contribution in [0.25, 0.3) is 5.57 Å². The normalized spacial score (nSPS) is 16.3. The molecule has 6 heteroatoms. The van der Waals surface area contributed by atoms with Crippen LogP contribution in [0.3, 0.4) is 0 Å². The Morgan fingerprint density at radius 2 is 1.95 bits per heavy atom. The molecule has 0 radical (unpaired) electrons. The van der Waals surface area contributed by atoms with Crippen molar-refractivity contribution in [2.45, 2.75) is 32.4 Å². The predicted octanol–water partition coefficient (Wildman–Crippen LogP) is 3.75. The van der Waals surface area contributed by atoms with Crippen molar-refractivity contribution in [1.29, 1.82) is 0 Å². The van der Waals surface area contributed by atoms with Crippen molar-refractivity contribution < 1.29 is 22.8 Å². The number of hydroxylamine groups is 2. The van der Waals surface area contributed by atoms with Gasteiger partial charge in [0.25, 0.3) is 0 Å². The van der Waals surface area contributed by atoms with E-state index < -0.39 is 12.1 Å². The quantitative estimate of drug-likeness (QED) is 0.848. The van der Waals surface area contributed by atoms with E-state index in [2.05, 4.69) is 23.9 Å². The molecule has 1 aromatic carbocycles. The molecule has 3 nitrogen and oxygen atoms in total. The van der Waals surface area contributed by atoms with E-state index in [1.165, 1.54) is 5.56 Å². The van der Waals surface area contributed by atoms with Crippen LogP contribution in [0.4, 0.5) is 13.2 Å². The lowest BCUT2D eigenvalue weighted by Gasteiger charge is -2.25. The molecular weight excluding hydrogens is 295 g/mol. The summed E-state index contributed by atoms with van der Waals surface area (Å²) in [6.45, 7) is 2.53. The van der Waals surface area contributed by atoms with Crippen LogP contribution in [0, 0.1) is 0 Å². The number of nitrogens with zero attached hydrogens (tertiary/aromatic N) is 1. The molecule has 120 valence electrons. The molecule has 0 saturated heterocycles.